The molecule has 4 amide bonds. The number of aromatic nitrogens is 1. The third kappa shape index (κ3) is 4.77. The van der Waals surface area contributed by atoms with Crippen molar-refractivity contribution in [3.8, 4) is 0 Å². The fraction of sp³-hybridized carbons (Fsp3) is 0.519. The van der Waals surface area contributed by atoms with Crippen molar-refractivity contribution in [1.29, 1.82) is 0 Å². The van der Waals surface area contributed by atoms with Crippen molar-refractivity contribution in [3.63, 3.8) is 0 Å². The summed E-state index contributed by atoms with van der Waals surface area (Å²) in [5.41, 5.74) is 1.04. The van der Waals surface area contributed by atoms with Crippen LogP contribution in [-0.2, 0) is 19.2 Å². The molecule has 3 unspecified atom stereocenters. The number of benzene rings is 1. The molecular formula is C27H32ClN5O5. The number of aromatic amines is 1. The van der Waals surface area contributed by atoms with E-state index in [4.69, 9.17) is 11.6 Å². The van der Waals surface area contributed by atoms with Crippen molar-refractivity contribution in [2.45, 2.75) is 38.8 Å². The number of fused-ring (bicyclic) bond motifs is 2. The first-order valence-corrected chi connectivity index (χ1v) is 13.5. The van der Waals surface area contributed by atoms with E-state index in [0.717, 1.165) is 10.9 Å². The van der Waals surface area contributed by atoms with Crippen LogP contribution in [0.4, 0.5) is 0 Å². The zero-order chi connectivity index (χ0) is 27.2. The van der Waals surface area contributed by atoms with Gasteiger partial charge in [-0.15, -0.1) is 11.6 Å². The van der Waals surface area contributed by atoms with E-state index in [1.165, 1.54) is 4.90 Å². The second-order valence-corrected chi connectivity index (χ2v) is 11.3. The second-order valence-electron chi connectivity index (χ2n) is 11.1. The molecule has 0 spiro atoms. The van der Waals surface area contributed by atoms with Crippen molar-refractivity contribution in [2.75, 3.05) is 25.5 Å². The molecule has 0 radical (unpaired) electrons. The van der Waals surface area contributed by atoms with Gasteiger partial charge in [0, 0.05) is 29.9 Å². The first-order valence-electron chi connectivity index (χ1n) is 12.9. The Labute approximate surface area is 225 Å². The second kappa shape index (κ2) is 10.1. The summed E-state index contributed by atoms with van der Waals surface area (Å²) >= 11 is 5.81. The highest BCUT2D eigenvalue weighted by Crippen LogP contribution is 2.64. The van der Waals surface area contributed by atoms with E-state index in [9.17, 15) is 24.0 Å². The number of nitrogens with zero attached hydrogens (tertiary/aromatic N) is 1. The van der Waals surface area contributed by atoms with Gasteiger partial charge in [-0.2, -0.15) is 0 Å². The standard InChI is InChI=1S/C27H32ClN5O5/c1-27(2)16-13-33(21(35)12-30-25(37)19-9-14-5-3-4-6-17(14)31-19)23(22(16)27)26(38)32-18(20(34)11-28)10-15-7-8-29-24(15)36/h3-6,9,15-16,18,22-23,31H,7-8,10-13H2,1-2H3,(H,29,36)(H,30,37)(H,32,38)/t15?,16-,18?,22?,23-/m0/s1. The number of Topliss-reactive ketones (excluding diaryl/α,β-unsaturated/α-hetero) is 1. The van der Waals surface area contributed by atoms with E-state index in [-0.39, 0.29) is 59.6 Å². The third-order valence-electron chi connectivity index (χ3n) is 8.49. The van der Waals surface area contributed by atoms with Crippen LogP contribution >= 0.6 is 11.6 Å². The van der Waals surface area contributed by atoms with Crippen molar-refractivity contribution in [1.82, 2.24) is 25.8 Å². The van der Waals surface area contributed by atoms with Gasteiger partial charge in [-0.3, -0.25) is 24.0 Å². The molecule has 2 saturated heterocycles. The number of para-hydroxylation sites is 1. The molecule has 1 saturated carbocycles. The lowest BCUT2D eigenvalue weighted by Crippen LogP contribution is -2.55. The zero-order valence-corrected chi connectivity index (χ0v) is 22.1. The molecule has 4 N–H and O–H groups in total. The van der Waals surface area contributed by atoms with Gasteiger partial charge in [0.05, 0.1) is 18.5 Å². The number of piperidine rings is 1. The zero-order valence-electron chi connectivity index (χ0n) is 21.4. The van der Waals surface area contributed by atoms with Crippen LogP contribution in [0.2, 0.25) is 0 Å². The molecule has 3 fully saturated rings. The maximum absolute atomic E-state index is 13.5. The number of amides is 4. The molecule has 11 heteroatoms. The molecule has 10 nitrogen and oxygen atoms in total. The largest absolute Gasteiger partial charge is 0.356 e. The van der Waals surface area contributed by atoms with Crippen molar-refractivity contribution in [3.05, 3.63) is 36.0 Å². The van der Waals surface area contributed by atoms with Gasteiger partial charge >= 0.3 is 0 Å². The summed E-state index contributed by atoms with van der Waals surface area (Å²) in [7, 11) is 0. The van der Waals surface area contributed by atoms with Crippen LogP contribution in [0.15, 0.2) is 30.3 Å². The fourth-order valence-electron chi connectivity index (χ4n) is 6.17. The Bertz CT molecular complexity index is 1270. The van der Waals surface area contributed by atoms with Crippen molar-refractivity contribution in [2.24, 2.45) is 23.2 Å². The van der Waals surface area contributed by atoms with Gasteiger partial charge in [-0.05, 0) is 42.2 Å². The molecule has 1 aromatic carbocycles. The number of alkyl halides is 1. The Morgan fingerprint density at radius 3 is 2.66 bits per heavy atom. The summed E-state index contributed by atoms with van der Waals surface area (Å²) in [4.78, 5) is 68.6. The van der Waals surface area contributed by atoms with E-state index in [0.29, 0.717) is 25.2 Å². The van der Waals surface area contributed by atoms with Gasteiger partial charge in [-0.25, -0.2) is 0 Å². The molecule has 1 aliphatic carbocycles. The van der Waals surface area contributed by atoms with E-state index in [1.54, 1.807) is 6.07 Å². The van der Waals surface area contributed by atoms with E-state index >= 15 is 0 Å². The first-order chi connectivity index (χ1) is 18.1. The maximum atomic E-state index is 13.5. The van der Waals surface area contributed by atoms with Crippen LogP contribution < -0.4 is 16.0 Å². The molecule has 2 aliphatic heterocycles. The van der Waals surface area contributed by atoms with Crippen molar-refractivity contribution < 1.29 is 24.0 Å². The minimum atomic E-state index is -0.909. The number of likely N-dealkylation sites (tertiary alicyclic amines) is 1. The minimum absolute atomic E-state index is 0.0580. The molecular weight excluding hydrogens is 510 g/mol. The number of hydrogen-bond acceptors (Lipinski definition) is 5. The molecule has 5 rings (SSSR count). The topological polar surface area (TPSA) is 140 Å². The minimum Gasteiger partial charge on any atom is -0.356 e. The molecule has 2 aromatic rings. The number of nitrogens with one attached hydrogen (secondary N) is 4. The number of rotatable bonds is 9. The molecule has 38 heavy (non-hydrogen) atoms. The first kappa shape index (κ1) is 26.2. The SMILES string of the molecule is CC1(C)C2[C@@H](C(=O)NC(CC3CCNC3=O)C(=O)CCl)N(C(=O)CNC(=O)c3cc4ccccc4[nH]3)C[C@@H]21. The summed E-state index contributed by atoms with van der Waals surface area (Å²) in [5.74, 6) is -2.29. The quantitative estimate of drug-likeness (QED) is 0.353. The van der Waals surface area contributed by atoms with Gasteiger partial charge in [-0.1, -0.05) is 32.0 Å². The van der Waals surface area contributed by atoms with Gasteiger partial charge in [0.2, 0.25) is 17.7 Å². The number of H-pyrrole nitrogens is 1. The van der Waals surface area contributed by atoms with Crippen LogP contribution in [0.3, 0.4) is 0 Å². The Hall–Kier alpha value is -3.40. The molecule has 1 aromatic heterocycles. The highest BCUT2D eigenvalue weighted by molar-refractivity contribution is 6.28. The average Bonchev–Trinajstić information content (AvgIpc) is 3.42. The van der Waals surface area contributed by atoms with Crippen LogP contribution in [0.1, 0.15) is 37.2 Å². The van der Waals surface area contributed by atoms with Gasteiger partial charge in [0.1, 0.15) is 11.7 Å². The van der Waals surface area contributed by atoms with Crippen LogP contribution in [0.5, 0.6) is 0 Å². The summed E-state index contributed by atoms with van der Waals surface area (Å²) in [6.07, 6.45) is 0.754. The predicted octanol–water partition coefficient (Wildman–Crippen LogP) is 1.20. The normalized spacial score (nSPS) is 26.0. The molecule has 0 bridgehead atoms. The van der Waals surface area contributed by atoms with E-state index in [1.807, 2.05) is 24.3 Å². The number of halogens is 1. The average molecular weight is 542 g/mol. The Balaban J connectivity index is 1.26. The Morgan fingerprint density at radius 1 is 1.21 bits per heavy atom. The predicted molar refractivity (Wildman–Crippen MR) is 140 cm³/mol. The lowest BCUT2D eigenvalue weighted by atomic mass is 9.95. The lowest BCUT2D eigenvalue weighted by molar-refractivity contribution is -0.140. The monoisotopic (exact) mass is 541 g/mol. The maximum Gasteiger partial charge on any atom is 0.268 e. The fourth-order valence-corrected chi connectivity index (χ4v) is 6.35. The Morgan fingerprint density at radius 2 is 1.97 bits per heavy atom. The molecule has 5 atom stereocenters. The summed E-state index contributed by atoms with van der Waals surface area (Å²) in [6, 6.07) is 7.53. The summed E-state index contributed by atoms with van der Waals surface area (Å²) in [5, 5.41) is 9.09. The van der Waals surface area contributed by atoms with Crippen LogP contribution in [0.25, 0.3) is 10.9 Å². The molecule has 3 aliphatic rings. The van der Waals surface area contributed by atoms with Crippen LogP contribution in [0, 0.1) is 23.2 Å². The highest BCUT2D eigenvalue weighted by atomic mass is 35.5. The smallest absolute Gasteiger partial charge is 0.268 e. The van der Waals surface area contributed by atoms with Crippen LogP contribution in [-0.4, -0.2) is 76.9 Å². The number of hydrogen-bond donors (Lipinski definition) is 4. The van der Waals surface area contributed by atoms with Crippen molar-refractivity contribution >= 4 is 51.9 Å². The lowest BCUT2D eigenvalue weighted by Gasteiger charge is -2.31. The molecule has 3 heterocycles. The van der Waals surface area contributed by atoms with Gasteiger partial charge in [0.25, 0.3) is 5.91 Å². The number of carbonyl (C=O) groups is 5. The number of ketones is 1. The van der Waals surface area contributed by atoms with Gasteiger partial charge in [0.15, 0.2) is 5.78 Å². The van der Waals surface area contributed by atoms with Gasteiger partial charge < -0.3 is 25.8 Å². The molecule has 202 valence electrons. The van der Waals surface area contributed by atoms with E-state index < -0.39 is 23.9 Å². The summed E-state index contributed by atoms with van der Waals surface area (Å²) in [6.45, 7) is 4.80. The number of carbonyl (C=O) groups excluding carboxylic acids is 5. The Kier molecular flexibility index (Phi) is 6.94. The highest BCUT2D eigenvalue weighted by Gasteiger charge is 2.69. The summed E-state index contributed by atoms with van der Waals surface area (Å²) < 4.78 is 0. The third-order valence-corrected chi connectivity index (χ3v) is 8.76. The van der Waals surface area contributed by atoms with E-state index in [2.05, 4.69) is 34.8 Å².